The van der Waals surface area contributed by atoms with Gasteiger partial charge in [-0.1, -0.05) is 25.0 Å². The number of fused-ring (bicyclic) bond motifs is 3. The molecular weight excluding hydrogens is 402 g/mol. The summed E-state index contributed by atoms with van der Waals surface area (Å²) in [5.74, 6) is 1.59. The number of aryl methyl sites for hydroxylation is 1. The Morgan fingerprint density at radius 1 is 1.12 bits per heavy atom. The Hall–Kier alpha value is -3.19. The minimum atomic E-state index is -0.0789. The summed E-state index contributed by atoms with van der Waals surface area (Å²) < 4.78 is 7.52. The lowest BCUT2D eigenvalue weighted by Gasteiger charge is -2.30. The van der Waals surface area contributed by atoms with Gasteiger partial charge in [-0.05, 0) is 48.6 Å². The van der Waals surface area contributed by atoms with Gasteiger partial charge in [0.2, 0.25) is 5.88 Å². The number of hydrogen-bond acceptors (Lipinski definition) is 6. The second-order valence-electron chi connectivity index (χ2n) is 8.95. The van der Waals surface area contributed by atoms with E-state index in [4.69, 9.17) is 15.5 Å². The van der Waals surface area contributed by atoms with E-state index in [1.807, 2.05) is 12.1 Å². The predicted octanol–water partition coefficient (Wildman–Crippen LogP) is 3.50. The smallest absolute Gasteiger partial charge is 0.253 e. The molecule has 3 heterocycles. The zero-order chi connectivity index (χ0) is 22.2. The van der Waals surface area contributed by atoms with Crippen LogP contribution in [0.15, 0.2) is 47.5 Å². The Morgan fingerprint density at radius 2 is 1.94 bits per heavy atom. The molecule has 0 radical (unpaired) electrons. The fourth-order valence-electron chi connectivity index (χ4n) is 4.75. The minimum Gasteiger partial charge on any atom is -0.472 e. The molecule has 7 heteroatoms. The SMILES string of the molecule is CN(c1ccc2c(n1)OCc1cc(-c3cc(=O)n(C)cn3)ccc1-2)C1CCCCC(N)C1. The van der Waals surface area contributed by atoms with Gasteiger partial charge < -0.3 is 19.9 Å². The maximum atomic E-state index is 12.0. The van der Waals surface area contributed by atoms with Gasteiger partial charge in [0.15, 0.2) is 0 Å². The van der Waals surface area contributed by atoms with Crippen LogP contribution in [0.3, 0.4) is 0 Å². The van der Waals surface area contributed by atoms with Gasteiger partial charge in [-0.3, -0.25) is 4.79 Å². The Kier molecular flexibility index (Phi) is 5.43. The van der Waals surface area contributed by atoms with Gasteiger partial charge in [0.1, 0.15) is 12.4 Å². The third-order valence-electron chi connectivity index (χ3n) is 6.73. The fourth-order valence-corrected chi connectivity index (χ4v) is 4.75. The molecule has 7 nitrogen and oxygen atoms in total. The Bertz CT molecular complexity index is 1210. The lowest BCUT2D eigenvalue weighted by molar-refractivity contribution is 0.290. The van der Waals surface area contributed by atoms with Crippen molar-refractivity contribution in [1.82, 2.24) is 14.5 Å². The van der Waals surface area contributed by atoms with Crippen LogP contribution in [0.4, 0.5) is 5.82 Å². The van der Waals surface area contributed by atoms with Crippen LogP contribution in [-0.4, -0.2) is 33.7 Å². The summed E-state index contributed by atoms with van der Waals surface area (Å²) in [7, 11) is 3.80. The van der Waals surface area contributed by atoms with Crippen molar-refractivity contribution in [3.63, 3.8) is 0 Å². The lowest BCUT2D eigenvalue weighted by atomic mass is 9.96. The molecule has 32 heavy (non-hydrogen) atoms. The first-order chi connectivity index (χ1) is 15.5. The van der Waals surface area contributed by atoms with E-state index in [1.54, 1.807) is 19.4 Å². The second-order valence-corrected chi connectivity index (χ2v) is 8.95. The monoisotopic (exact) mass is 431 g/mol. The maximum absolute atomic E-state index is 12.0. The van der Waals surface area contributed by atoms with Crippen LogP contribution in [0.5, 0.6) is 5.88 Å². The summed E-state index contributed by atoms with van der Waals surface area (Å²) in [6.07, 6.45) is 7.22. The number of hydrogen-bond donors (Lipinski definition) is 1. The first-order valence-corrected chi connectivity index (χ1v) is 11.3. The third-order valence-corrected chi connectivity index (χ3v) is 6.73. The second kappa shape index (κ2) is 8.39. The molecule has 1 aliphatic carbocycles. The van der Waals surface area contributed by atoms with E-state index in [2.05, 4.69) is 35.1 Å². The van der Waals surface area contributed by atoms with Crippen molar-refractivity contribution >= 4 is 5.82 Å². The molecule has 2 aliphatic rings. The largest absolute Gasteiger partial charge is 0.472 e. The number of nitrogens with two attached hydrogens (primary N) is 1. The molecule has 1 aromatic carbocycles. The molecule has 2 aromatic heterocycles. The highest BCUT2D eigenvalue weighted by molar-refractivity contribution is 5.77. The van der Waals surface area contributed by atoms with Crippen LogP contribution in [0.1, 0.15) is 37.7 Å². The lowest BCUT2D eigenvalue weighted by Crippen LogP contribution is -2.36. The Morgan fingerprint density at radius 3 is 2.78 bits per heavy atom. The highest BCUT2D eigenvalue weighted by Crippen LogP contribution is 2.39. The molecule has 1 aliphatic heterocycles. The van der Waals surface area contributed by atoms with Gasteiger partial charge in [-0.2, -0.15) is 4.98 Å². The molecular formula is C25H29N5O2. The van der Waals surface area contributed by atoms with Crippen LogP contribution < -0.4 is 20.9 Å². The highest BCUT2D eigenvalue weighted by atomic mass is 16.5. The van der Waals surface area contributed by atoms with Crippen LogP contribution >= 0.6 is 0 Å². The Balaban J connectivity index is 1.43. The molecule has 2 N–H and O–H groups in total. The zero-order valence-electron chi connectivity index (χ0n) is 18.6. The van der Waals surface area contributed by atoms with E-state index < -0.39 is 0 Å². The quantitative estimate of drug-likeness (QED) is 0.639. The molecule has 3 aromatic rings. The number of pyridine rings is 1. The van der Waals surface area contributed by atoms with Gasteiger partial charge in [-0.15, -0.1) is 0 Å². The van der Waals surface area contributed by atoms with Gasteiger partial charge in [-0.25, -0.2) is 4.98 Å². The van der Waals surface area contributed by atoms with E-state index >= 15 is 0 Å². The first-order valence-electron chi connectivity index (χ1n) is 11.3. The van der Waals surface area contributed by atoms with E-state index in [0.29, 0.717) is 24.2 Å². The standard InChI is InChI=1S/C25H29N5O2/c1-29-15-27-22(13-24(29)31)16-7-8-20-17(11-16)14-32-25-21(20)9-10-23(28-25)30(2)19-6-4-3-5-18(26)12-19/h7-11,13,15,18-19H,3-6,12,14,26H2,1-2H3. The Labute approximate surface area is 187 Å². The summed E-state index contributed by atoms with van der Waals surface area (Å²) in [5, 5.41) is 0. The van der Waals surface area contributed by atoms with E-state index in [1.165, 1.54) is 17.4 Å². The van der Waals surface area contributed by atoms with Crippen molar-refractivity contribution < 1.29 is 4.74 Å². The van der Waals surface area contributed by atoms with E-state index in [0.717, 1.165) is 47.3 Å². The van der Waals surface area contributed by atoms with Crippen molar-refractivity contribution in [2.24, 2.45) is 12.8 Å². The van der Waals surface area contributed by atoms with Gasteiger partial charge in [0.05, 0.1) is 12.0 Å². The van der Waals surface area contributed by atoms with Crippen LogP contribution in [0.25, 0.3) is 22.4 Å². The normalized spacial score (nSPS) is 20.0. The topological polar surface area (TPSA) is 86.3 Å². The summed E-state index contributed by atoms with van der Waals surface area (Å²) >= 11 is 0. The van der Waals surface area contributed by atoms with Crippen molar-refractivity contribution in [1.29, 1.82) is 0 Å². The number of benzene rings is 1. The van der Waals surface area contributed by atoms with Gasteiger partial charge >= 0.3 is 0 Å². The molecule has 1 saturated carbocycles. The molecule has 0 amide bonds. The molecule has 0 spiro atoms. The number of aromatic nitrogens is 3. The summed E-state index contributed by atoms with van der Waals surface area (Å²) in [4.78, 5) is 23.5. The number of ether oxygens (including phenoxy) is 1. The van der Waals surface area contributed by atoms with Crippen molar-refractivity contribution in [2.75, 3.05) is 11.9 Å². The highest BCUT2D eigenvalue weighted by Gasteiger charge is 2.25. The summed E-state index contributed by atoms with van der Waals surface area (Å²) in [5.41, 5.74) is 10.9. The summed E-state index contributed by atoms with van der Waals surface area (Å²) in [6, 6.07) is 12.5. The van der Waals surface area contributed by atoms with Crippen molar-refractivity contribution in [3.05, 3.63) is 58.6 Å². The number of rotatable bonds is 3. The molecule has 2 atom stereocenters. The fraction of sp³-hybridized carbons (Fsp3) is 0.400. The number of nitrogens with zero attached hydrogens (tertiary/aromatic N) is 4. The van der Waals surface area contributed by atoms with Crippen LogP contribution in [0, 0.1) is 0 Å². The van der Waals surface area contributed by atoms with Crippen LogP contribution in [0.2, 0.25) is 0 Å². The zero-order valence-corrected chi connectivity index (χ0v) is 18.6. The molecule has 0 bridgehead atoms. The van der Waals surface area contributed by atoms with E-state index in [9.17, 15) is 4.79 Å². The molecule has 0 saturated heterocycles. The van der Waals surface area contributed by atoms with Gasteiger partial charge in [0, 0.05) is 43.4 Å². The molecule has 1 fully saturated rings. The average Bonchev–Trinajstić information content (AvgIpc) is 3.03. The third kappa shape index (κ3) is 3.88. The maximum Gasteiger partial charge on any atom is 0.253 e. The average molecular weight is 432 g/mol. The van der Waals surface area contributed by atoms with Crippen molar-refractivity contribution in [2.45, 2.75) is 50.8 Å². The molecule has 166 valence electrons. The minimum absolute atomic E-state index is 0.0789. The number of anilines is 1. The van der Waals surface area contributed by atoms with E-state index in [-0.39, 0.29) is 11.6 Å². The predicted molar refractivity (Wildman–Crippen MR) is 126 cm³/mol. The summed E-state index contributed by atoms with van der Waals surface area (Å²) in [6.45, 7) is 0.440. The van der Waals surface area contributed by atoms with Crippen molar-refractivity contribution in [3.8, 4) is 28.3 Å². The van der Waals surface area contributed by atoms with Gasteiger partial charge in [0.25, 0.3) is 5.56 Å². The molecule has 2 unspecified atom stereocenters. The molecule has 5 rings (SSSR count). The first kappa shape index (κ1) is 20.7. The van der Waals surface area contributed by atoms with Crippen LogP contribution in [-0.2, 0) is 13.7 Å².